The Bertz CT molecular complexity index is 601. The molecule has 0 heterocycles. The molecule has 28 heavy (non-hydrogen) atoms. The van der Waals surface area contributed by atoms with Crippen molar-refractivity contribution in [3.05, 3.63) is 29.3 Å². The first-order valence-corrected chi connectivity index (χ1v) is 12.2. The minimum Gasteiger partial charge on any atom is -0.748 e. The van der Waals surface area contributed by atoms with Gasteiger partial charge in [-0.1, -0.05) is 65.4 Å². The number of aryl methyl sites for hydroxylation is 2. The van der Waals surface area contributed by atoms with E-state index in [0.29, 0.717) is 12.2 Å². The monoisotopic (exact) mass is 420 g/mol. The average molecular weight is 421 g/mol. The topological polar surface area (TPSA) is 66.4 Å². The molecule has 6 heteroatoms. The Hall–Kier alpha value is -0.0700. The van der Waals surface area contributed by atoms with Crippen LogP contribution in [0.25, 0.3) is 0 Å². The summed E-state index contributed by atoms with van der Waals surface area (Å²) < 4.78 is 39.2. The van der Waals surface area contributed by atoms with E-state index in [0.717, 1.165) is 25.7 Å². The number of unbranched alkanes of at least 4 members (excludes halogenated alkanes) is 6. The Balaban J connectivity index is 0.00000729. The van der Waals surface area contributed by atoms with Crippen molar-refractivity contribution >= 4 is 10.1 Å². The standard InChI is InChI=1S/C22H38O4S.Na/c1-4-7-9-11-13-19-15-20(14-12-10-8-5-2)17-22(16-19)26-21(6-3)18-27(23,24)25;/h15-17,21H,4-14,18H2,1-3H3,(H,23,24,25);/q;+1/p-1. The summed E-state index contributed by atoms with van der Waals surface area (Å²) >= 11 is 0. The first-order valence-electron chi connectivity index (χ1n) is 10.6. The maximum Gasteiger partial charge on any atom is 1.00 e. The second-order valence-corrected chi connectivity index (χ2v) is 8.93. The fourth-order valence-electron chi connectivity index (χ4n) is 3.25. The van der Waals surface area contributed by atoms with Crippen LogP contribution in [0.2, 0.25) is 0 Å². The molecule has 0 aliphatic carbocycles. The first kappa shape index (κ1) is 27.9. The summed E-state index contributed by atoms with van der Waals surface area (Å²) in [5, 5.41) is 0. The van der Waals surface area contributed by atoms with E-state index in [9.17, 15) is 13.0 Å². The Labute approximate surface area is 194 Å². The summed E-state index contributed by atoms with van der Waals surface area (Å²) in [6.45, 7) is 6.26. The second-order valence-electron chi connectivity index (χ2n) is 7.48. The first-order chi connectivity index (χ1) is 12.9. The molecule has 0 radical (unpaired) electrons. The van der Waals surface area contributed by atoms with Gasteiger partial charge in [0.2, 0.25) is 0 Å². The predicted octanol–water partition coefficient (Wildman–Crippen LogP) is 2.64. The molecule has 0 spiro atoms. The van der Waals surface area contributed by atoms with Gasteiger partial charge < -0.3 is 9.29 Å². The van der Waals surface area contributed by atoms with E-state index in [1.165, 1.54) is 49.7 Å². The minimum absolute atomic E-state index is 0. The molecule has 156 valence electrons. The van der Waals surface area contributed by atoms with E-state index in [4.69, 9.17) is 4.74 Å². The summed E-state index contributed by atoms with van der Waals surface area (Å²) in [5.41, 5.74) is 2.49. The van der Waals surface area contributed by atoms with Crippen molar-refractivity contribution in [1.82, 2.24) is 0 Å². The molecule has 0 saturated heterocycles. The summed E-state index contributed by atoms with van der Waals surface area (Å²) in [6, 6.07) is 6.29. The zero-order chi connectivity index (χ0) is 20.1. The van der Waals surface area contributed by atoms with Gasteiger partial charge in [-0.05, 0) is 55.4 Å². The fourth-order valence-corrected chi connectivity index (χ4v) is 4.01. The molecule has 1 aromatic carbocycles. The number of rotatable bonds is 15. The third kappa shape index (κ3) is 13.2. The molecule has 1 rings (SSSR count). The van der Waals surface area contributed by atoms with Gasteiger partial charge >= 0.3 is 29.6 Å². The average Bonchev–Trinajstić information content (AvgIpc) is 2.60. The summed E-state index contributed by atoms with van der Waals surface area (Å²) in [6.07, 6.45) is 11.6. The van der Waals surface area contributed by atoms with Crippen LogP contribution in [0, 0.1) is 0 Å². The van der Waals surface area contributed by atoms with Crippen LogP contribution in [0.15, 0.2) is 18.2 Å². The Morgan fingerprint density at radius 1 is 0.857 bits per heavy atom. The largest absolute Gasteiger partial charge is 1.00 e. The van der Waals surface area contributed by atoms with Crippen molar-refractivity contribution in [2.24, 2.45) is 0 Å². The van der Waals surface area contributed by atoms with Crippen LogP contribution < -0.4 is 34.3 Å². The van der Waals surface area contributed by atoms with Gasteiger partial charge in [0.25, 0.3) is 0 Å². The molecule has 1 aromatic rings. The van der Waals surface area contributed by atoms with Crippen molar-refractivity contribution in [1.29, 1.82) is 0 Å². The SMILES string of the molecule is CCCCCCc1cc(CCCCCC)cc(OC(CC)CS(=O)(=O)[O-])c1.[Na+]. The Morgan fingerprint density at radius 3 is 1.75 bits per heavy atom. The molecule has 0 bridgehead atoms. The molecule has 0 saturated carbocycles. The minimum atomic E-state index is -4.29. The molecular formula is C22H37NaO4S. The Morgan fingerprint density at radius 2 is 1.36 bits per heavy atom. The fraction of sp³-hybridized carbons (Fsp3) is 0.727. The number of benzene rings is 1. The molecule has 4 nitrogen and oxygen atoms in total. The summed E-state index contributed by atoms with van der Waals surface area (Å²) in [4.78, 5) is 0. The molecule has 0 aliphatic heterocycles. The van der Waals surface area contributed by atoms with Gasteiger partial charge in [0.05, 0.1) is 15.9 Å². The maximum atomic E-state index is 11.1. The second kappa shape index (κ2) is 15.7. The van der Waals surface area contributed by atoms with Crippen molar-refractivity contribution < 1.29 is 47.3 Å². The molecule has 0 aromatic heterocycles. The van der Waals surface area contributed by atoms with Crippen molar-refractivity contribution in [2.75, 3.05) is 5.75 Å². The smallest absolute Gasteiger partial charge is 0.748 e. The maximum absolute atomic E-state index is 11.1. The molecule has 1 atom stereocenters. The van der Waals surface area contributed by atoms with E-state index >= 15 is 0 Å². The van der Waals surface area contributed by atoms with Crippen LogP contribution >= 0.6 is 0 Å². The molecule has 0 aliphatic rings. The van der Waals surface area contributed by atoms with Crippen LogP contribution in [0.1, 0.15) is 89.7 Å². The Kier molecular flexibility index (Phi) is 15.7. The third-order valence-electron chi connectivity index (χ3n) is 4.81. The van der Waals surface area contributed by atoms with Gasteiger partial charge in [-0.2, -0.15) is 0 Å². The molecule has 0 fully saturated rings. The zero-order valence-corrected chi connectivity index (χ0v) is 21.2. The molecular weight excluding hydrogens is 383 g/mol. The van der Waals surface area contributed by atoms with Gasteiger partial charge in [0.1, 0.15) is 11.9 Å². The van der Waals surface area contributed by atoms with E-state index in [-0.39, 0.29) is 29.6 Å². The predicted molar refractivity (Wildman–Crippen MR) is 111 cm³/mol. The normalized spacial score (nSPS) is 12.4. The summed E-state index contributed by atoms with van der Waals surface area (Å²) in [7, 11) is -4.29. The van der Waals surface area contributed by atoms with E-state index < -0.39 is 22.0 Å². The quantitative estimate of drug-likeness (QED) is 0.249. The summed E-state index contributed by atoms with van der Waals surface area (Å²) in [5.74, 6) is 0.222. The van der Waals surface area contributed by atoms with E-state index in [1.807, 2.05) is 19.1 Å². The van der Waals surface area contributed by atoms with Gasteiger partial charge in [0.15, 0.2) is 0 Å². The van der Waals surface area contributed by atoms with Crippen LogP contribution in [-0.4, -0.2) is 24.8 Å². The van der Waals surface area contributed by atoms with Crippen molar-refractivity contribution in [3.8, 4) is 5.75 Å². The van der Waals surface area contributed by atoms with Gasteiger partial charge in [-0.3, -0.25) is 0 Å². The van der Waals surface area contributed by atoms with Crippen LogP contribution in [0.5, 0.6) is 5.75 Å². The van der Waals surface area contributed by atoms with Crippen molar-refractivity contribution in [3.63, 3.8) is 0 Å². The van der Waals surface area contributed by atoms with Gasteiger partial charge in [0, 0.05) is 0 Å². The van der Waals surface area contributed by atoms with Crippen LogP contribution in [0.3, 0.4) is 0 Å². The van der Waals surface area contributed by atoms with E-state index in [1.54, 1.807) is 0 Å². The molecule has 0 amide bonds. The number of hydrogen-bond donors (Lipinski definition) is 0. The van der Waals surface area contributed by atoms with Gasteiger partial charge in [-0.25, -0.2) is 8.42 Å². The molecule has 1 unspecified atom stereocenters. The molecule has 0 N–H and O–H groups in total. The van der Waals surface area contributed by atoms with Crippen LogP contribution in [0.4, 0.5) is 0 Å². The van der Waals surface area contributed by atoms with Crippen LogP contribution in [-0.2, 0) is 23.0 Å². The zero-order valence-electron chi connectivity index (χ0n) is 18.3. The van der Waals surface area contributed by atoms with Crippen molar-refractivity contribution in [2.45, 2.75) is 97.5 Å². The van der Waals surface area contributed by atoms with Gasteiger partial charge in [-0.15, -0.1) is 0 Å². The number of ether oxygens (including phenoxy) is 1. The third-order valence-corrected chi connectivity index (χ3v) is 5.59. The van der Waals surface area contributed by atoms with E-state index in [2.05, 4.69) is 19.9 Å². The number of hydrogen-bond acceptors (Lipinski definition) is 4.